The summed E-state index contributed by atoms with van der Waals surface area (Å²) in [7, 11) is 1.44. The number of rotatable bonds is 10. The van der Waals surface area contributed by atoms with E-state index in [4.69, 9.17) is 14.6 Å². The van der Waals surface area contributed by atoms with Crippen LogP contribution >= 0.6 is 0 Å². The monoisotopic (exact) mass is 261 g/mol. The summed E-state index contributed by atoms with van der Waals surface area (Å²) in [5, 5.41) is 8.86. The molecule has 0 rings (SSSR count). The van der Waals surface area contributed by atoms with Gasteiger partial charge >= 0.3 is 5.97 Å². The third-order valence-corrected chi connectivity index (χ3v) is 2.46. The molecule has 0 aromatic rings. The third-order valence-electron chi connectivity index (χ3n) is 2.46. The first-order chi connectivity index (χ1) is 8.52. The molecule has 0 radical (unpaired) electrons. The van der Waals surface area contributed by atoms with Crippen LogP contribution in [-0.4, -0.2) is 61.9 Å². The highest BCUT2D eigenvalue weighted by Crippen LogP contribution is 2.03. The van der Waals surface area contributed by atoms with E-state index in [-0.39, 0.29) is 19.1 Å². The van der Waals surface area contributed by atoms with Gasteiger partial charge in [0.15, 0.2) is 0 Å². The van der Waals surface area contributed by atoms with Crippen molar-refractivity contribution in [3.63, 3.8) is 0 Å². The molecule has 0 aliphatic rings. The van der Waals surface area contributed by atoms with Crippen molar-refractivity contribution in [1.29, 1.82) is 0 Å². The standard InChI is InChI=1S/C12H23NO5/c1-4-18-7-5-6-13(11(14)9-17-3)8-10(2)12(15)16/h10H,4-9H2,1-3H3,(H,15,16). The first-order valence-corrected chi connectivity index (χ1v) is 6.10. The fourth-order valence-electron chi connectivity index (χ4n) is 1.44. The minimum Gasteiger partial charge on any atom is -0.481 e. The SMILES string of the molecule is CCOCCCN(CC(C)C(=O)O)C(=O)COC. The van der Waals surface area contributed by atoms with E-state index in [1.165, 1.54) is 12.0 Å². The first kappa shape index (κ1) is 16.9. The highest BCUT2D eigenvalue weighted by Gasteiger charge is 2.19. The van der Waals surface area contributed by atoms with Crippen LogP contribution in [0.15, 0.2) is 0 Å². The van der Waals surface area contributed by atoms with Crippen LogP contribution in [0, 0.1) is 5.92 Å². The average molecular weight is 261 g/mol. The summed E-state index contributed by atoms with van der Waals surface area (Å²) in [6, 6.07) is 0. The molecule has 0 spiro atoms. The summed E-state index contributed by atoms with van der Waals surface area (Å²) in [4.78, 5) is 24.0. The van der Waals surface area contributed by atoms with Crippen molar-refractivity contribution in [2.75, 3.05) is 40.0 Å². The van der Waals surface area contributed by atoms with Crippen LogP contribution in [0.25, 0.3) is 0 Å². The Hall–Kier alpha value is -1.14. The molecule has 0 saturated carbocycles. The van der Waals surface area contributed by atoms with Crippen molar-refractivity contribution in [1.82, 2.24) is 4.90 Å². The molecule has 1 unspecified atom stereocenters. The summed E-state index contributed by atoms with van der Waals surface area (Å²) in [5.74, 6) is -1.69. The Balaban J connectivity index is 4.24. The first-order valence-electron chi connectivity index (χ1n) is 6.10. The van der Waals surface area contributed by atoms with Crippen LogP contribution < -0.4 is 0 Å². The number of carboxylic acid groups (broad SMARTS) is 1. The lowest BCUT2D eigenvalue weighted by Gasteiger charge is -2.24. The lowest BCUT2D eigenvalue weighted by molar-refractivity contribution is -0.144. The lowest BCUT2D eigenvalue weighted by Crippen LogP contribution is -2.39. The van der Waals surface area contributed by atoms with E-state index >= 15 is 0 Å². The molecule has 6 heteroatoms. The quantitative estimate of drug-likeness (QED) is 0.583. The van der Waals surface area contributed by atoms with Crippen molar-refractivity contribution < 1.29 is 24.2 Å². The molecule has 6 nitrogen and oxygen atoms in total. The predicted octanol–water partition coefficient (Wildman–Crippen LogP) is 0.609. The smallest absolute Gasteiger partial charge is 0.308 e. The van der Waals surface area contributed by atoms with Gasteiger partial charge in [0, 0.05) is 33.4 Å². The number of methoxy groups -OCH3 is 1. The van der Waals surface area contributed by atoms with Crippen LogP contribution in [0.3, 0.4) is 0 Å². The van der Waals surface area contributed by atoms with Crippen LogP contribution in [0.5, 0.6) is 0 Å². The second kappa shape index (κ2) is 9.85. The Labute approximate surface area is 108 Å². The zero-order valence-electron chi connectivity index (χ0n) is 11.3. The molecule has 106 valence electrons. The van der Waals surface area contributed by atoms with Crippen molar-refractivity contribution in [2.24, 2.45) is 5.92 Å². The van der Waals surface area contributed by atoms with Crippen LogP contribution in [0.1, 0.15) is 20.3 Å². The molecule has 0 saturated heterocycles. The molecule has 0 aliphatic heterocycles. The van der Waals surface area contributed by atoms with E-state index in [9.17, 15) is 9.59 Å². The Bertz CT molecular complexity index is 257. The Morgan fingerprint density at radius 1 is 1.39 bits per heavy atom. The van der Waals surface area contributed by atoms with Gasteiger partial charge < -0.3 is 19.5 Å². The predicted molar refractivity (Wildman–Crippen MR) is 66.4 cm³/mol. The van der Waals surface area contributed by atoms with Crippen LogP contribution in [0.2, 0.25) is 0 Å². The van der Waals surface area contributed by atoms with Crippen LogP contribution in [-0.2, 0) is 19.1 Å². The zero-order chi connectivity index (χ0) is 14.0. The second-order valence-electron chi connectivity index (χ2n) is 4.06. The molecule has 0 aromatic heterocycles. The van der Waals surface area contributed by atoms with Crippen molar-refractivity contribution in [3.8, 4) is 0 Å². The van der Waals surface area contributed by atoms with Gasteiger partial charge in [-0.1, -0.05) is 6.92 Å². The molecule has 1 atom stereocenters. The van der Waals surface area contributed by atoms with E-state index in [0.29, 0.717) is 26.2 Å². The van der Waals surface area contributed by atoms with Crippen molar-refractivity contribution >= 4 is 11.9 Å². The number of nitrogens with zero attached hydrogens (tertiary/aromatic N) is 1. The minimum absolute atomic E-state index is 0.0268. The van der Waals surface area contributed by atoms with E-state index in [0.717, 1.165) is 0 Å². The van der Waals surface area contributed by atoms with Crippen molar-refractivity contribution in [2.45, 2.75) is 20.3 Å². The fourth-order valence-corrected chi connectivity index (χ4v) is 1.44. The Morgan fingerprint density at radius 2 is 2.06 bits per heavy atom. The minimum atomic E-state index is -0.907. The van der Waals surface area contributed by atoms with E-state index in [1.807, 2.05) is 6.92 Å². The summed E-state index contributed by atoms with van der Waals surface area (Å²) >= 11 is 0. The van der Waals surface area contributed by atoms with Gasteiger partial charge in [0.25, 0.3) is 0 Å². The van der Waals surface area contributed by atoms with Gasteiger partial charge in [-0.2, -0.15) is 0 Å². The number of carbonyl (C=O) groups is 2. The van der Waals surface area contributed by atoms with E-state index in [1.54, 1.807) is 6.92 Å². The van der Waals surface area contributed by atoms with E-state index in [2.05, 4.69) is 0 Å². The number of aliphatic carboxylic acids is 1. The van der Waals surface area contributed by atoms with Crippen LogP contribution in [0.4, 0.5) is 0 Å². The lowest BCUT2D eigenvalue weighted by atomic mass is 10.1. The molecule has 0 aliphatic carbocycles. The largest absolute Gasteiger partial charge is 0.481 e. The summed E-state index contributed by atoms with van der Waals surface area (Å²) in [6.07, 6.45) is 0.690. The van der Waals surface area contributed by atoms with E-state index < -0.39 is 11.9 Å². The fraction of sp³-hybridized carbons (Fsp3) is 0.833. The molecular formula is C12H23NO5. The second-order valence-corrected chi connectivity index (χ2v) is 4.06. The number of ether oxygens (including phenoxy) is 2. The maximum atomic E-state index is 11.7. The van der Waals surface area contributed by atoms with Gasteiger partial charge in [-0.3, -0.25) is 9.59 Å². The van der Waals surface area contributed by atoms with Gasteiger partial charge in [0.1, 0.15) is 6.61 Å². The molecule has 0 aromatic carbocycles. The average Bonchev–Trinajstić information content (AvgIpc) is 2.32. The number of carbonyl (C=O) groups excluding carboxylic acids is 1. The molecule has 1 N–H and O–H groups in total. The molecule has 0 fully saturated rings. The van der Waals surface area contributed by atoms with Gasteiger partial charge in [0.05, 0.1) is 5.92 Å². The zero-order valence-corrected chi connectivity index (χ0v) is 11.3. The molecule has 0 heterocycles. The number of amides is 1. The van der Waals surface area contributed by atoms with Crippen molar-refractivity contribution in [3.05, 3.63) is 0 Å². The Morgan fingerprint density at radius 3 is 2.56 bits per heavy atom. The maximum absolute atomic E-state index is 11.7. The number of hydrogen-bond donors (Lipinski definition) is 1. The molecule has 1 amide bonds. The number of hydrogen-bond acceptors (Lipinski definition) is 4. The third kappa shape index (κ3) is 7.24. The van der Waals surface area contributed by atoms with Gasteiger partial charge in [-0.15, -0.1) is 0 Å². The molecule has 18 heavy (non-hydrogen) atoms. The Kier molecular flexibility index (Phi) is 9.22. The molecule has 0 bridgehead atoms. The number of carboxylic acids is 1. The molecular weight excluding hydrogens is 238 g/mol. The van der Waals surface area contributed by atoms with Gasteiger partial charge in [-0.25, -0.2) is 0 Å². The normalized spacial score (nSPS) is 12.2. The highest BCUT2D eigenvalue weighted by atomic mass is 16.5. The highest BCUT2D eigenvalue weighted by molar-refractivity contribution is 5.78. The summed E-state index contributed by atoms with van der Waals surface area (Å²) in [5.41, 5.74) is 0. The maximum Gasteiger partial charge on any atom is 0.308 e. The summed E-state index contributed by atoms with van der Waals surface area (Å²) in [6.45, 7) is 5.34. The summed E-state index contributed by atoms with van der Waals surface area (Å²) < 4.78 is 9.97. The topological polar surface area (TPSA) is 76.1 Å². The van der Waals surface area contributed by atoms with Gasteiger partial charge in [0.2, 0.25) is 5.91 Å². The van der Waals surface area contributed by atoms with Gasteiger partial charge in [-0.05, 0) is 13.3 Å².